The van der Waals surface area contributed by atoms with Crippen molar-refractivity contribution in [2.75, 3.05) is 11.9 Å². The molecule has 0 saturated heterocycles. The third-order valence-electron chi connectivity index (χ3n) is 3.85. The summed E-state index contributed by atoms with van der Waals surface area (Å²) in [6.45, 7) is 1.88. The first-order valence-electron chi connectivity index (χ1n) is 8.49. The van der Waals surface area contributed by atoms with Gasteiger partial charge >= 0.3 is 0 Å². The van der Waals surface area contributed by atoms with E-state index in [0.717, 1.165) is 22.5 Å². The highest BCUT2D eigenvalue weighted by atomic mass is 35.5. The number of hydrogen-bond donors (Lipinski definition) is 1. The molecule has 0 saturated carbocycles. The Hall–Kier alpha value is -3.11. The van der Waals surface area contributed by atoms with Gasteiger partial charge in [-0.15, -0.1) is 0 Å². The van der Waals surface area contributed by atoms with Gasteiger partial charge in [-0.1, -0.05) is 48.0 Å². The van der Waals surface area contributed by atoms with Crippen LogP contribution in [0.2, 0.25) is 5.02 Å². The quantitative estimate of drug-likeness (QED) is 0.582. The van der Waals surface area contributed by atoms with Crippen molar-refractivity contribution in [3.8, 4) is 5.75 Å². The van der Waals surface area contributed by atoms with Gasteiger partial charge < -0.3 is 10.1 Å². The molecule has 0 aliphatic rings. The molecule has 0 fully saturated rings. The number of carbonyl (C=O) groups excluding carboxylic acids is 1. The molecule has 0 bridgehead atoms. The third kappa shape index (κ3) is 5.43. The maximum atomic E-state index is 12.1. The predicted octanol–water partition coefficient (Wildman–Crippen LogP) is 5.42. The fraction of sp³-hybridized carbons (Fsp3) is 0.0909. The van der Waals surface area contributed by atoms with Crippen LogP contribution in [0.5, 0.6) is 5.75 Å². The smallest absolute Gasteiger partial charge is 0.262 e. The minimum atomic E-state index is -0.223. The van der Waals surface area contributed by atoms with E-state index in [-0.39, 0.29) is 12.5 Å². The summed E-state index contributed by atoms with van der Waals surface area (Å²) >= 11 is 6.04. The van der Waals surface area contributed by atoms with Gasteiger partial charge in [-0.2, -0.15) is 0 Å². The van der Waals surface area contributed by atoms with Crippen LogP contribution in [0.4, 0.5) is 11.4 Å². The zero-order valence-corrected chi connectivity index (χ0v) is 15.6. The van der Waals surface area contributed by atoms with Crippen molar-refractivity contribution in [2.24, 2.45) is 4.99 Å². The molecular weight excluding hydrogens is 360 g/mol. The molecule has 0 radical (unpaired) electrons. The van der Waals surface area contributed by atoms with E-state index in [9.17, 15) is 4.79 Å². The Morgan fingerprint density at radius 2 is 1.81 bits per heavy atom. The van der Waals surface area contributed by atoms with Gasteiger partial charge in [0, 0.05) is 22.5 Å². The zero-order chi connectivity index (χ0) is 19.1. The Balaban J connectivity index is 1.68. The highest BCUT2D eigenvalue weighted by Crippen LogP contribution is 2.24. The van der Waals surface area contributed by atoms with Crippen LogP contribution >= 0.6 is 11.6 Å². The fourth-order valence-electron chi connectivity index (χ4n) is 2.44. The highest BCUT2D eigenvalue weighted by Gasteiger charge is 2.06. The number of rotatable bonds is 6. The van der Waals surface area contributed by atoms with E-state index in [1.54, 1.807) is 6.21 Å². The number of ether oxygens (including phenoxy) is 1. The molecule has 0 atom stereocenters. The number of benzene rings is 3. The van der Waals surface area contributed by atoms with Crippen LogP contribution in [-0.4, -0.2) is 18.7 Å². The van der Waals surface area contributed by atoms with Gasteiger partial charge in [0.25, 0.3) is 5.91 Å². The van der Waals surface area contributed by atoms with E-state index in [0.29, 0.717) is 10.8 Å². The number of anilines is 1. The number of hydrogen-bond acceptors (Lipinski definition) is 3. The van der Waals surface area contributed by atoms with Gasteiger partial charge in [-0.05, 0) is 48.9 Å². The number of halogens is 1. The summed E-state index contributed by atoms with van der Waals surface area (Å²) < 4.78 is 5.68. The summed E-state index contributed by atoms with van der Waals surface area (Å²) in [6.07, 6.45) is 1.71. The average molecular weight is 379 g/mol. The monoisotopic (exact) mass is 378 g/mol. The lowest BCUT2D eigenvalue weighted by atomic mass is 10.2. The van der Waals surface area contributed by atoms with Crippen LogP contribution in [0.15, 0.2) is 77.8 Å². The zero-order valence-electron chi connectivity index (χ0n) is 14.9. The Morgan fingerprint density at radius 1 is 1.07 bits per heavy atom. The lowest BCUT2D eigenvalue weighted by Gasteiger charge is -2.09. The Kier molecular flexibility index (Phi) is 6.23. The summed E-state index contributed by atoms with van der Waals surface area (Å²) in [5.74, 6) is 0.364. The van der Waals surface area contributed by atoms with Crippen molar-refractivity contribution in [3.05, 3.63) is 88.9 Å². The van der Waals surface area contributed by atoms with E-state index in [1.165, 1.54) is 0 Å². The molecule has 5 heteroatoms. The molecule has 0 aliphatic heterocycles. The molecule has 3 aromatic rings. The van der Waals surface area contributed by atoms with Crippen LogP contribution in [-0.2, 0) is 4.79 Å². The van der Waals surface area contributed by atoms with Crippen molar-refractivity contribution >= 4 is 35.1 Å². The first-order chi connectivity index (χ1) is 13.1. The topological polar surface area (TPSA) is 50.7 Å². The minimum absolute atomic E-state index is 0.0874. The fourth-order valence-corrected chi connectivity index (χ4v) is 2.61. The number of amides is 1. The van der Waals surface area contributed by atoms with Crippen LogP contribution in [0.25, 0.3) is 0 Å². The normalized spacial score (nSPS) is 10.7. The van der Waals surface area contributed by atoms with Crippen molar-refractivity contribution in [2.45, 2.75) is 6.92 Å². The second-order valence-corrected chi connectivity index (χ2v) is 6.37. The number of aliphatic imine (C=N–C) groups is 1. The van der Waals surface area contributed by atoms with Gasteiger partial charge in [0.15, 0.2) is 6.61 Å². The number of nitrogens with one attached hydrogen (secondary N) is 1. The van der Waals surface area contributed by atoms with E-state index in [2.05, 4.69) is 10.3 Å². The van der Waals surface area contributed by atoms with Crippen LogP contribution < -0.4 is 10.1 Å². The minimum Gasteiger partial charge on any atom is -0.483 e. The van der Waals surface area contributed by atoms with Gasteiger partial charge in [-0.25, -0.2) is 0 Å². The van der Waals surface area contributed by atoms with E-state index in [1.807, 2.05) is 79.7 Å². The lowest BCUT2D eigenvalue weighted by molar-refractivity contribution is -0.118. The molecule has 0 aromatic heterocycles. The molecule has 27 heavy (non-hydrogen) atoms. The van der Waals surface area contributed by atoms with Gasteiger partial charge in [0.1, 0.15) is 5.75 Å². The maximum Gasteiger partial charge on any atom is 0.262 e. The summed E-state index contributed by atoms with van der Waals surface area (Å²) in [7, 11) is 0. The summed E-state index contributed by atoms with van der Waals surface area (Å²) in [4.78, 5) is 16.6. The largest absolute Gasteiger partial charge is 0.483 e. The van der Waals surface area contributed by atoms with Crippen molar-refractivity contribution in [1.82, 2.24) is 0 Å². The molecule has 0 aliphatic carbocycles. The summed E-state index contributed by atoms with van der Waals surface area (Å²) in [6, 6.07) is 22.3. The maximum absolute atomic E-state index is 12.1. The molecule has 3 rings (SSSR count). The molecule has 0 heterocycles. The van der Waals surface area contributed by atoms with Crippen molar-refractivity contribution < 1.29 is 9.53 Å². The van der Waals surface area contributed by atoms with Gasteiger partial charge in [-0.3, -0.25) is 9.79 Å². The van der Waals surface area contributed by atoms with E-state index >= 15 is 0 Å². The van der Waals surface area contributed by atoms with Crippen LogP contribution in [0.3, 0.4) is 0 Å². The van der Waals surface area contributed by atoms with Crippen LogP contribution in [0, 0.1) is 6.92 Å². The molecule has 136 valence electrons. The average Bonchev–Trinajstić information content (AvgIpc) is 2.68. The summed E-state index contributed by atoms with van der Waals surface area (Å²) in [5.41, 5.74) is 3.33. The molecule has 1 amide bonds. The SMILES string of the molecule is Cc1ccc(Cl)cc1N=Cc1ccccc1OCC(=O)Nc1ccccc1. The first-order valence-corrected chi connectivity index (χ1v) is 8.86. The Morgan fingerprint density at radius 3 is 2.63 bits per heavy atom. The van der Waals surface area contributed by atoms with E-state index < -0.39 is 0 Å². The molecule has 0 spiro atoms. The molecular formula is C22H19ClN2O2. The number of nitrogens with zero attached hydrogens (tertiary/aromatic N) is 1. The second-order valence-electron chi connectivity index (χ2n) is 5.93. The van der Waals surface area contributed by atoms with Crippen LogP contribution in [0.1, 0.15) is 11.1 Å². The Bertz CT molecular complexity index is 956. The highest BCUT2D eigenvalue weighted by molar-refractivity contribution is 6.30. The lowest BCUT2D eigenvalue weighted by Crippen LogP contribution is -2.20. The second kappa shape index (κ2) is 9.01. The number of carbonyl (C=O) groups is 1. The molecule has 3 aromatic carbocycles. The molecule has 4 nitrogen and oxygen atoms in total. The summed E-state index contributed by atoms with van der Waals surface area (Å²) in [5, 5.41) is 3.43. The molecule has 1 N–H and O–H groups in total. The van der Waals surface area contributed by atoms with Crippen molar-refractivity contribution in [1.29, 1.82) is 0 Å². The van der Waals surface area contributed by atoms with Gasteiger partial charge in [0.2, 0.25) is 0 Å². The van der Waals surface area contributed by atoms with E-state index in [4.69, 9.17) is 16.3 Å². The first kappa shape index (κ1) is 18.7. The third-order valence-corrected chi connectivity index (χ3v) is 4.08. The van der Waals surface area contributed by atoms with Crippen molar-refractivity contribution in [3.63, 3.8) is 0 Å². The standard InChI is InChI=1S/C22H19ClN2O2/c1-16-11-12-18(23)13-20(16)24-14-17-7-5-6-10-21(17)27-15-22(26)25-19-8-3-2-4-9-19/h2-14H,15H2,1H3,(H,25,26). The Labute approximate surface area is 163 Å². The molecule has 0 unspecified atom stereocenters. The van der Waals surface area contributed by atoms with Gasteiger partial charge in [0.05, 0.1) is 5.69 Å². The predicted molar refractivity (Wildman–Crippen MR) is 110 cm³/mol. The number of aryl methyl sites for hydroxylation is 1. The number of para-hydroxylation sites is 2.